The molecule has 22 heavy (non-hydrogen) atoms. The van der Waals surface area contributed by atoms with Gasteiger partial charge in [0.25, 0.3) is 5.91 Å². The third kappa shape index (κ3) is 3.07. The summed E-state index contributed by atoms with van der Waals surface area (Å²) in [4.78, 5) is 12.1. The maximum Gasteiger partial charge on any atom is 0.258 e. The zero-order valence-electron chi connectivity index (χ0n) is 11.2. The van der Waals surface area contributed by atoms with E-state index in [1.54, 1.807) is 6.07 Å². The Morgan fingerprint density at radius 1 is 1.14 bits per heavy atom. The first-order valence-corrected chi connectivity index (χ1v) is 7.21. The first-order chi connectivity index (χ1) is 10.6. The lowest BCUT2D eigenvalue weighted by Crippen LogP contribution is -2.13. The molecule has 0 saturated carbocycles. The van der Waals surface area contributed by atoms with Gasteiger partial charge in [-0.05, 0) is 34.1 Å². The van der Waals surface area contributed by atoms with Crippen molar-refractivity contribution in [3.05, 3.63) is 70.5 Å². The summed E-state index contributed by atoms with van der Waals surface area (Å²) in [5.74, 6) is -0.160. The highest BCUT2D eigenvalue weighted by atomic mass is 79.9. The Morgan fingerprint density at radius 2 is 1.91 bits per heavy atom. The zero-order valence-corrected chi connectivity index (χ0v) is 12.8. The summed E-state index contributed by atoms with van der Waals surface area (Å²) >= 11 is 3.21. The van der Waals surface area contributed by atoms with Crippen LogP contribution in [0.4, 0.5) is 10.2 Å². The number of carbonyl (C=O) groups excluding carboxylic acids is 1. The van der Waals surface area contributed by atoms with Crippen LogP contribution in [0.15, 0.2) is 63.6 Å². The highest BCUT2D eigenvalue weighted by Gasteiger charge is 2.14. The largest absolute Gasteiger partial charge is 0.354 e. The Hall–Kier alpha value is -2.47. The van der Waals surface area contributed by atoms with E-state index >= 15 is 0 Å². The van der Waals surface area contributed by atoms with Crippen LogP contribution in [0.25, 0.3) is 11.3 Å². The quantitative estimate of drug-likeness (QED) is 0.748. The summed E-state index contributed by atoms with van der Waals surface area (Å²) in [5.41, 5.74) is 1.03. The minimum Gasteiger partial charge on any atom is -0.354 e. The molecule has 0 saturated heterocycles. The molecule has 6 heteroatoms. The van der Waals surface area contributed by atoms with Crippen molar-refractivity contribution in [3.63, 3.8) is 0 Å². The normalized spacial score (nSPS) is 10.5. The van der Waals surface area contributed by atoms with Crippen molar-refractivity contribution in [2.45, 2.75) is 0 Å². The van der Waals surface area contributed by atoms with Crippen LogP contribution < -0.4 is 5.32 Å². The molecule has 0 bridgehead atoms. The van der Waals surface area contributed by atoms with Crippen LogP contribution in [-0.4, -0.2) is 11.1 Å². The summed E-state index contributed by atoms with van der Waals surface area (Å²) in [7, 11) is 0. The molecule has 0 aliphatic heterocycles. The molecule has 0 atom stereocenters. The molecule has 2 aromatic carbocycles. The summed E-state index contributed by atoms with van der Waals surface area (Å²) < 4.78 is 18.9. The second-order valence-corrected chi connectivity index (χ2v) is 5.38. The molecule has 3 aromatic rings. The summed E-state index contributed by atoms with van der Waals surface area (Å²) in [5, 5.41) is 6.37. The van der Waals surface area contributed by atoms with E-state index < -0.39 is 11.7 Å². The van der Waals surface area contributed by atoms with Crippen LogP contribution in [0.2, 0.25) is 0 Å². The molecular formula is C16H10BrFN2O2. The van der Waals surface area contributed by atoms with Gasteiger partial charge in [0.2, 0.25) is 0 Å². The molecule has 0 unspecified atom stereocenters. The SMILES string of the molecule is O=C(Nc1cc(-c2ccccc2)on1)c1cc(F)ccc1Br. The lowest BCUT2D eigenvalue weighted by atomic mass is 10.2. The van der Waals surface area contributed by atoms with Crippen molar-refractivity contribution in [3.8, 4) is 11.3 Å². The first-order valence-electron chi connectivity index (χ1n) is 6.42. The third-order valence-electron chi connectivity index (χ3n) is 2.98. The number of carbonyl (C=O) groups is 1. The lowest BCUT2D eigenvalue weighted by molar-refractivity contribution is 0.102. The molecule has 0 aliphatic rings. The number of nitrogens with zero attached hydrogens (tertiary/aromatic N) is 1. The average molecular weight is 361 g/mol. The molecule has 0 fully saturated rings. The summed E-state index contributed by atoms with van der Waals surface area (Å²) in [6, 6.07) is 14.9. The molecule has 1 heterocycles. The van der Waals surface area contributed by atoms with Gasteiger partial charge in [-0.2, -0.15) is 0 Å². The Kier molecular flexibility index (Phi) is 4.02. The number of hydrogen-bond donors (Lipinski definition) is 1. The van der Waals surface area contributed by atoms with Gasteiger partial charge < -0.3 is 9.84 Å². The molecule has 0 aliphatic carbocycles. The minimum atomic E-state index is -0.488. The second-order valence-electron chi connectivity index (χ2n) is 4.52. The number of anilines is 1. The number of benzene rings is 2. The standard InChI is InChI=1S/C16H10BrFN2O2/c17-13-7-6-11(18)8-12(13)16(21)19-15-9-14(22-20-15)10-4-2-1-3-5-10/h1-9H,(H,19,20,21). The number of rotatable bonds is 3. The van der Waals surface area contributed by atoms with Gasteiger partial charge in [0.15, 0.2) is 11.6 Å². The fourth-order valence-corrected chi connectivity index (χ4v) is 2.35. The number of aromatic nitrogens is 1. The monoisotopic (exact) mass is 360 g/mol. The van der Waals surface area contributed by atoms with Crippen molar-refractivity contribution in [1.82, 2.24) is 5.16 Å². The van der Waals surface area contributed by atoms with Crippen molar-refractivity contribution in [2.24, 2.45) is 0 Å². The van der Waals surface area contributed by atoms with Gasteiger partial charge in [0.1, 0.15) is 5.82 Å². The van der Waals surface area contributed by atoms with E-state index in [-0.39, 0.29) is 11.4 Å². The predicted molar refractivity (Wildman–Crippen MR) is 84.0 cm³/mol. The molecule has 110 valence electrons. The van der Waals surface area contributed by atoms with Crippen LogP contribution >= 0.6 is 15.9 Å². The van der Waals surface area contributed by atoms with Crippen LogP contribution in [0.5, 0.6) is 0 Å². The predicted octanol–water partition coefficient (Wildman–Crippen LogP) is 4.50. The summed E-state index contributed by atoms with van der Waals surface area (Å²) in [6.45, 7) is 0. The van der Waals surface area contributed by atoms with E-state index in [0.717, 1.165) is 11.6 Å². The number of nitrogens with one attached hydrogen (secondary N) is 1. The highest BCUT2D eigenvalue weighted by Crippen LogP contribution is 2.23. The molecule has 1 aromatic heterocycles. The van der Waals surface area contributed by atoms with Crippen LogP contribution in [0.1, 0.15) is 10.4 Å². The van der Waals surface area contributed by atoms with Gasteiger partial charge in [0, 0.05) is 16.1 Å². The topological polar surface area (TPSA) is 55.1 Å². The van der Waals surface area contributed by atoms with E-state index in [1.165, 1.54) is 12.1 Å². The molecule has 0 spiro atoms. The van der Waals surface area contributed by atoms with Crippen molar-refractivity contribution >= 4 is 27.7 Å². The molecule has 4 nitrogen and oxygen atoms in total. The fraction of sp³-hybridized carbons (Fsp3) is 0. The van der Waals surface area contributed by atoms with Gasteiger partial charge >= 0.3 is 0 Å². The Balaban J connectivity index is 1.81. The fourth-order valence-electron chi connectivity index (χ4n) is 1.93. The molecular weight excluding hydrogens is 351 g/mol. The first kappa shape index (κ1) is 14.5. The van der Waals surface area contributed by atoms with Crippen molar-refractivity contribution < 1.29 is 13.7 Å². The third-order valence-corrected chi connectivity index (χ3v) is 3.67. The molecule has 1 amide bonds. The van der Waals surface area contributed by atoms with Crippen molar-refractivity contribution in [1.29, 1.82) is 0 Å². The Labute approximate surface area is 134 Å². The van der Waals surface area contributed by atoms with E-state index in [4.69, 9.17) is 4.52 Å². The van der Waals surface area contributed by atoms with Crippen LogP contribution in [-0.2, 0) is 0 Å². The van der Waals surface area contributed by atoms with Crippen molar-refractivity contribution in [2.75, 3.05) is 5.32 Å². The molecule has 0 radical (unpaired) electrons. The van der Waals surface area contributed by atoms with Gasteiger partial charge in [-0.25, -0.2) is 4.39 Å². The van der Waals surface area contributed by atoms with Crippen LogP contribution in [0.3, 0.4) is 0 Å². The van der Waals surface area contributed by atoms with Gasteiger partial charge in [-0.3, -0.25) is 4.79 Å². The molecule has 3 rings (SSSR count). The number of amides is 1. The average Bonchev–Trinajstić information content (AvgIpc) is 2.99. The van der Waals surface area contributed by atoms with Gasteiger partial charge in [0.05, 0.1) is 5.56 Å². The van der Waals surface area contributed by atoms with E-state index in [9.17, 15) is 9.18 Å². The van der Waals surface area contributed by atoms with Gasteiger partial charge in [-0.1, -0.05) is 35.5 Å². The second kappa shape index (κ2) is 6.11. The maximum atomic E-state index is 13.2. The van der Waals surface area contributed by atoms with Crippen LogP contribution in [0, 0.1) is 5.82 Å². The molecule has 1 N–H and O–H groups in total. The van der Waals surface area contributed by atoms with E-state index in [0.29, 0.717) is 10.2 Å². The number of halogens is 2. The Bertz CT molecular complexity index is 818. The maximum absolute atomic E-state index is 13.2. The summed E-state index contributed by atoms with van der Waals surface area (Å²) in [6.07, 6.45) is 0. The van der Waals surface area contributed by atoms with Gasteiger partial charge in [-0.15, -0.1) is 0 Å². The Morgan fingerprint density at radius 3 is 2.68 bits per heavy atom. The zero-order chi connectivity index (χ0) is 15.5. The minimum absolute atomic E-state index is 0.185. The highest BCUT2D eigenvalue weighted by molar-refractivity contribution is 9.10. The van der Waals surface area contributed by atoms with E-state index in [1.807, 2.05) is 30.3 Å². The smallest absolute Gasteiger partial charge is 0.258 e. The van der Waals surface area contributed by atoms with E-state index in [2.05, 4.69) is 26.4 Å². The number of hydrogen-bond acceptors (Lipinski definition) is 3. The lowest BCUT2D eigenvalue weighted by Gasteiger charge is -2.03.